The normalized spacial score (nSPS) is 10.6. The first-order valence-electron chi connectivity index (χ1n) is 6.61. The van der Waals surface area contributed by atoms with Crippen LogP contribution in [0.2, 0.25) is 0 Å². The van der Waals surface area contributed by atoms with E-state index < -0.39 is 0 Å². The summed E-state index contributed by atoms with van der Waals surface area (Å²) >= 11 is 2.25. The fourth-order valence-corrected chi connectivity index (χ4v) is 2.81. The van der Waals surface area contributed by atoms with Gasteiger partial charge in [-0.2, -0.15) is 0 Å². The molecule has 0 saturated carbocycles. The Balaban J connectivity index is 2.49. The number of carbonyl (C=O) groups excluding carboxylic acids is 1. The van der Waals surface area contributed by atoms with E-state index >= 15 is 0 Å². The molecule has 2 aromatic carbocycles. The van der Waals surface area contributed by atoms with Gasteiger partial charge in [0.15, 0.2) is 0 Å². The highest BCUT2D eigenvalue weighted by Gasteiger charge is 2.19. The summed E-state index contributed by atoms with van der Waals surface area (Å²) in [5.41, 5.74) is 0.514. The van der Waals surface area contributed by atoms with Crippen LogP contribution in [0.5, 0.6) is 5.75 Å². The molecule has 4 heteroatoms. The molecule has 0 heterocycles. The number of unbranched alkanes of at least 4 members (excludes halogenated alkanes) is 1. The van der Waals surface area contributed by atoms with Crippen LogP contribution in [0.25, 0.3) is 10.8 Å². The van der Waals surface area contributed by atoms with Gasteiger partial charge in [-0.05, 0) is 40.5 Å². The van der Waals surface area contributed by atoms with E-state index in [0.717, 1.165) is 27.2 Å². The number of benzene rings is 2. The first-order chi connectivity index (χ1) is 9.69. The number of ether oxygens (including phenoxy) is 2. The summed E-state index contributed by atoms with van der Waals surface area (Å²) < 4.78 is 11.7. The summed E-state index contributed by atoms with van der Waals surface area (Å²) in [6.07, 6.45) is 1.87. The van der Waals surface area contributed by atoms with Gasteiger partial charge in [-0.25, -0.2) is 4.79 Å². The van der Waals surface area contributed by atoms with Crippen LogP contribution in [0.3, 0.4) is 0 Å². The van der Waals surface area contributed by atoms with Crippen molar-refractivity contribution in [1.82, 2.24) is 0 Å². The highest BCUT2D eigenvalue weighted by Crippen LogP contribution is 2.32. The van der Waals surface area contributed by atoms with E-state index in [2.05, 4.69) is 29.5 Å². The van der Waals surface area contributed by atoms with Crippen molar-refractivity contribution in [3.8, 4) is 5.75 Å². The number of fused-ring (bicyclic) bond motifs is 1. The average molecular weight is 384 g/mol. The van der Waals surface area contributed by atoms with E-state index in [0.29, 0.717) is 17.9 Å². The SMILES string of the molecule is CCCCOC(=O)c1c(OC)cc(I)c2ccccc12. The molecule has 0 aliphatic carbocycles. The second kappa shape index (κ2) is 6.92. The summed E-state index contributed by atoms with van der Waals surface area (Å²) in [6.45, 7) is 2.51. The van der Waals surface area contributed by atoms with Gasteiger partial charge < -0.3 is 9.47 Å². The fraction of sp³-hybridized carbons (Fsp3) is 0.312. The zero-order valence-corrected chi connectivity index (χ0v) is 13.8. The molecule has 20 heavy (non-hydrogen) atoms. The number of hydrogen-bond acceptors (Lipinski definition) is 3. The smallest absolute Gasteiger partial charge is 0.342 e. The van der Waals surface area contributed by atoms with E-state index in [-0.39, 0.29) is 5.97 Å². The number of methoxy groups -OCH3 is 1. The molecular weight excluding hydrogens is 367 g/mol. The minimum Gasteiger partial charge on any atom is -0.496 e. The van der Waals surface area contributed by atoms with E-state index in [4.69, 9.17) is 9.47 Å². The standard InChI is InChI=1S/C16H17IO3/c1-3-4-9-20-16(18)15-12-8-6-5-7-11(12)13(17)10-14(15)19-2/h5-8,10H,3-4,9H2,1-2H3. The van der Waals surface area contributed by atoms with Gasteiger partial charge in [0.2, 0.25) is 0 Å². The molecule has 0 atom stereocenters. The van der Waals surface area contributed by atoms with Crippen LogP contribution >= 0.6 is 22.6 Å². The van der Waals surface area contributed by atoms with E-state index in [1.807, 2.05) is 30.3 Å². The molecular formula is C16H17IO3. The molecule has 106 valence electrons. The fourth-order valence-electron chi connectivity index (χ4n) is 2.06. The Labute approximate surface area is 132 Å². The van der Waals surface area contributed by atoms with Gasteiger partial charge in [0.05, 0.1) is 13.7 Å². The van der Waals surface area contributed by atoms with Crippen molar-refractivity contribution in [1.29, 1.82) is 0 Å². The summed E-state index contributed by atoms with van der Waals surface area (Å²) in [4.78, 5) is 12.3. The van der Waals surface area contributed by atoms with Crippen molar-refractivity contribution in [3.63, 3.8) is 0 Å². The minimum atomic E-state index is -0.317. The maximum Gasteiger partial charge on any atom is 0.342 e. The van der Waals surface area contributed by atoms with Crippen molar-refractivity contribution in [2.24, 2.45) is 0 Å². The number of rotatable bonds is 5. The van der Waals surface area contributed by atoms with Gasteiger partial charge in [-0.15, -0.1) is 0 Å². The van der Waals surface area contributed by atoms with Gasteiger partial charge in [0.25, 0.3) is 0 Å². The number of esters is 1. The van der Waals surface area contributed by atoms with Crippen LogP contribution in [0.1, 0.15) is 30.1 Å². The summed E-state index contributed by atoms with van der Waals surface area (Å²) in [5, 5.41) is 1.91. The van der Waals surface area contributed by atoms with Crippen LogP contribution in [-0.2, 0) is 4.74 Å². The maximum atomic E-state index is 12.3. The van der Waals surface area contributed by atoms with Crippen molar-refractivity contribution in [3.05, 3.63) is 39.5 Å². The molecule has 0 spiro atoms. The molecule has 0 bridgehead atoms. The Morgan fingerprint density at radius 3 is 2.60 bits per heavy atom. The molecule has 0 aromatic heterocycles. The monoisotopic (exact) mass is 384 g/mol. The lowest BCUT2D eigenvalue weighted by molar-refractivity contribution is 0.0498. The molecule has 2 rings (SSSR count). The van der Waals surface area contributed by atoms with Crippen LogP contribution in [0, 0.1) is 3.57 Å². The van der Waals surface area contributed by atoms with Gasteiger partial charge in [0, 0.05) is 8.96 Å². The third kappa shape index (κ3) is 3.06. The van der Waals surface area contributed by atoms with Crippen LogP contribution in [-0.4, -0.2) is 19.7 Å². The van der Waals surface area contributed by atoms with Crippen molar-refractivity contribution in [2.75, 3.05) is 13.7 Å². The third-order valence-electron chi connectivity index (χ3n) is 3.11. The predicted molar refractivity (Wildman–Crippen MR) is 88.4 cm³/mol. The zero-order chi connectivity index (χ0) is 14.5. The topological polar surface area (TPSA) is 35.5 Å². The van der Waals surface area contributed by atoms with Crippen molar-refractivity contribution < 1.29 is 14.3 Å². The quantitative estimate of drug-likeness (QED) is 0.435. The van der Waals surface area contributed by atoms with E-state index in [1.165, 1.54) is 0 Å². The summed E-state index contributed by atoms with van der Waals surface area (Å²) in [5.74, 6) is 0.248. The van der Waals surface area contributed by atoms with Gasteiger partial charge in [0.1, 0.15) is 11.3 Å². The average Bonchev–Trinajstić information content (AvgIpc) is 2.47. The Morgan fingerprint density at radius 1 is 1.25 bits per heavy atom. The Bertz CT molecular complexity index is 622. The lowest BCUT2D eigenvalue weighted by atomic mass is 10.0. The van der Waals surface area contributed by atoms with Crippen LogP contribution < -0.4 is 4.74 Å². The molecule has 3 nitrogen and oxygen atoms in total. The van der Waals surface area contributed by atoms with Crippen molar-refractivity contribution in [2.45, 2.75) is 19.8 Å². The highest BCUT2D eigenvalue weighted by molar-refractivity contribution is 14.1. The molecule has 0 aliphatic heterocycles. The highest BCUT2D eigenvalue weighted by atomic mass is 127. The molecule has 0 amide bonds. The molecule has 0 N–H and O–H groups in total. The predicted octanol–water partition coefficient (Wildman–Crippen LogP) is 4.41. The zero-order valence-electron chi connectivity index (χ0n) is 11.6. The summed E-state index contributed by atoms with van der Waals surface area (Å²) in [6, 6.07) is 9.68. The Kier molecular flexibility index (Phi) is 5.23. The summed E-state index contributed by atoms with van der Waals surface area (Å²) in [7, 11) is 1.57. The van der Waals surface area contributed by atoms with Crippen LogP contribution in [0.4, 0.5) is 0 Å². The number of halogens is 1. The Hall–Kier alpha value is -1.30. The van der Waals surface area contributed by atoms with E-state index in [9.17, 15) is 4.79 Å². The largest absolute Gasteiger partial charge is 0.496 e. The maximum absolute atomic E-state index is 12.3. The first kappa shape index (κ1) is 15.1. The molecule has 0 radical (unpaired) electrons. The van der Waals surface area contributed by atoms with Crippen LogP contribution in [0.15, 0.2) is 30.3 Å². The Morgan fingerprint density at radius 2 is 1.95 bits per heavy atom. The third-order valence-corrected chi connectivity index (χ3v) is 4.01. The molecule has 0 saturated heterocycles. The molecule has 2 aromatic rings. The van der Waals surface area contributed by atoms with Crippen molar-refractivity contribution >= 4 is 39.3 Å². The van der Waals surface area contributed by atoms with Gasteiger partial charge in [-0.1, -0.05) is 37.6 Å². The molecule has 0 fully saturated rings. The molecule has 0 unspecified atom stereocenters. The van der Waals surface area contributed by atoms with Gasteiger partial charge in [-0.3, -0.25) is 0 Å². The number of carbonyl (C=O) groups is 1. The second-order valence-corrected chi connectivity index (χ2v) is 5.63. The first-order valence-corrected chi connectivity index (χ1v) is 7.69. The van der Waals surface area contributed by atoms with Gasteiger partial charge >= 0.3 is 5.97 Å². The lowest BCUT2D eigenvalue weighted by Gasteiger charge is -2.13. The molecule has 0 aliphatic rings. The lowest BCUT2D eigenvalue weighted by Crippen LogP contribution is -2.09. The minimum absolute atomic E-state index is 0.317. The second-order valence-electron chi connectivity index (χ2n) is 4.47. The van der Waals surface area contributed by atoms with E-state index in [1.54, 1.807) is 7.11 Å². The number of hydrogen-bond donors (Lipinski definition) is 0.